The van der Waals surface area contributed by atoms with Crippen molar-refractivity contribution < 1.29 is 0 Å². The van der Waals surface area contributed by atoms with Crippen LogP contribution in [0.5, 0.6) is 0 Å². The van der Waals surface area contributed by atoms with Crippen molar-refractivity contribution in [3.05, 3.63) is 24.8 Å². The highest BCUT2D eigenvalue weighted by atomic mass is 14.1. The van der Waals surface area contributed by atoms with Gasteiger partial charge in [-0.15, -0.1) is 6.58 Å². The molecule has 0 rings (SSSR count). The smallest absolute Gasteiger partial charge is 0.00332 e. The molecule has 0 aliphatic carbocycles. The maximum atomic E-state index is 3.75. The molecule has 1 atom stereocenters. The lowest BCUT2D eigenvalue weighted by Crippen LogP contribution is -2.00. The van der Waals surface area contributed by atoms with E-state index in [4.69, 9.17) is 0 Å². The lowest BCUT2D eigenvalue weighted by Gasteiger charge is -2.09. The Balaban J connectivity index is 0. The fourth-order valence-electron chi connectivity index (χ4n) is 0.795. The second kappa shape index (κ2) is 9.48. The predicted octanol–water partition coefficient (Wildman–Crippen LogP) is 4.05. The summed E-state index contributed by atoms with van der Waals surface area (Å²) in [4.78, 5) is 0. The summed E-state index contributed by atoms with van der Waals surface area (Å²) in [5, 5.41) is 0. The Bertz CT molecular complexity index is 98.6. The molecule has 1 unspecified atom stereocenters. The Hall–Kier alpha value is -0.520. The van der Waals surface area contributed by atoms with Gasteiger partial charge in [0.05, 0.1) is 0 Å². The van der Waals surface area contributed by atoms with Gasteiger partial charge in [-0.2, -0.15) is 0 Å². The Labute approximate surface area is 72.0 Å². The van der Waals surface area contributed by atoms with Crippen molar-refractivity contribution >= 4 is 0 Å². The maximum absolute atomic E-state index is 3.75. The Morgan fingerprint density at radius 3 is 1.73 bits per heavy atom. The molecule has 0 aromatic heterocycles. The van der Waals surface area contributed by atoms with E-state index in [-0.39, 0.29) is 0 Å². The fourth-order valence-corrected chi connectivity index (χ4v) is 0.795. The summed E-state index contributed by atoms with van der Waals surface area (Å²) in [6.45, 7) is 14.2. The lowest BCUT2D eigenvalue weighted by molar-refractivity contribution is 0.551. The monoisotopic (exact) mass is 154 g/mol. The molecule has 0 aromatic carbocycles. The van der Waals surface area contributed by atoms with Crippen molar-refractivity contribution in [2.24, 2.45) is 11.8 Å². The number of hydrogen-bond acceptors (Lipinski definition) is 0. The molecule has 0 heteroatoms. The molecule has 0 radical (unpaired) electrons. The van der Waals surface area contributed by atoms with E-state index in [1.165, 1.54) is 0 Å². The normalized spacial score (nSPS) is 12.5. The van der Waals surface area contributed by atoms with Crippen LogP contribution in [-0.4, -0.2) is 0 Å². The maximum Gasteiger partial charge on any atom is -0.00332 e. The van der Waals surface area contributed by atoms with Crippen LogP contribution in [0.15, 0.2) is 24.8 Å². The van der Waals surface area contributed by atoms with E-state index in [1.54, 1.807) is 0 Å². The van der Waals surface area contributed by atoms with Gasteiger partial charge in [0, 0.05) is 0 Å². The summed E-state index contributed by atoms with van der Waals surface area (Å²) < 4.78 is 0. The third-order valence-corrected chi connectivity index (χ3v) is 1.46. The summed E-state index contributed by atoms with van der Waals surface area (Å²) in [6, 6.07) is 0. The Morgan fingerprint density at radius 1 is 1.18 bits per heavy atom. The van der Waals surface area contributed by atoms with E-state index in [9.17, 15) is 0 Å². The molecule has 0 bridgehead atoms. The topological polar surface area (TPSA) is 0 Å². The first-order chi connectivity index (χ1) is 5.22. The molecule has 66 valence electrons. The van der Waals surface area contributed by atoms with Crippen molar-refractivity contribution in [1.82, 2.24) is 0 Å². The minimum Gasteiger partial charge on any atom is -0.102 e. The molecular weight excluding hydrogens is 132 g/mol. The molecule has 0 amide bonds. The zero-order valence-electron chi connectivity index (χ0n) is 8.59. The quantitative estimate of drug-likeness (QED) is 0.538. The highest BCUT2D eigenvalue weighted by molar-refractivity contribution is 4.96. The van der Waals surface area contributed by atoms with E-state index >= 15 is 0 Å². The van der Waals surface area contributed by atoms with E-state index in [0.29, 0.717) is 11.8 Å². The van der Waals surface area contributed by atoms with Crippen LogP contribution in [-0.2, 0) is 0 Å². The number of rotatable bonds is 3. The van der Waals surface area contributed by atoms with Crippen molar-refractivity contribution in [1.29, 1.82) is 0 Å². The molecule has 0 nitrogen and oxygen atoms in total. The third kappa shape index (κ3) is 7.38. The molecule has 0 aliphatic rings. The molecule has 0 spiro atoms. The van der Waals surface area contributed by atoms with Crippen LogP contribution in [0, 0.1) is 11.8 Å². The summed E-state index contributed by atoms with van der Waals surface area (Å²) in [6.07, 6.45) is 6.24. The summed E-state index contributed by atoms with van der Waals surface area (Å²) in [5.41, 5.74) is 0. The van der Waals surface area contributed by atoms with Crippen LogP contribution < -0.4 is 0 Å². The van der Waals surface area contributed by atoms with Gasteiger partial charge in [-0.1, -0.05) is 45.9 Å². The largest absolute Gasteiger partial charge is 0.102 e. The Kier molecular flexibility index (Phi) is 11.3. The minimum atomic E-state index is 0.551. The fraction of sp³-hybridized carbons (Fsp3) is 0.636. The van der Waals surface area contributed by atoms with Crippen molar-refractivity contribution in [3.63, 3.8) is 0 Å². The molecule has 0 saturated heterocycles. The van der Waals surface area contributed by atoms with Gasteiger partial charge in [0.2, 0.25) is 0 Å². The highest BCUT2D eigenvalue weighted by Gasteiger charge is 2.02. The summed E-state index contributed by atoms with van der Waals surface area (Å²) in [5.74, 6) is 1.23. The van der Waals surface area contributed by atoms with Crippen molar-refractivity contribution in [2.75, 3.05) is 0 Å². The van der Waals surface area contributed by atoms with Crippen LogP contribution in [0.25, 0.3) is 0 Å². The highest BCUT2D eigenvalue weighted by Crippen LogP contribution is 2.12. The predicted molar refractivity (Wildman–Crippen MR) is 54.7 cm³/mol. The van der Waals surface area contributed by atoms with E-state index in [0.717, 1.165) is 0 Å². The van der Waals surface area contributed by atoms with Gasteiger partial charge in [0.1, 0.15) is 0 Å². The summed E-state index contributed by atoms with van der Waals surface area (Å²) in [7, 11) is 0. The van der Waals surface area contributed by atoms with Crippen LogP contribution in [0.4, 0.5) is 0 Å². The first-order valence-electron chi connectivity index (χ1n) is 4.47. The molecule has 0 fully saturated rings. The van der Waals surface area contributed by atoms with Crippen LogP contribution in [0.3, 0.4) is 0 Å². The molecule has 0 N–H and O–H groups in total. The standard InChI is InChI=1S/C9H16.C2H6/c1-5-7-9(6-2)8(3)4;1-2/h5-9H,2H2,1,3-4H3;1-2H3. The summed E-state index contributed by atoms with van der Waals surface area (Å²) >= 11 is 0. The van der Waals surface area contributed by atoms with Gasteiger partial charge in [0.15, 0.2) is 0 Å². The lowest BCUT2D eigenvalue weighted by atomic mass is 9.96. The number of allylic oxidation sites excluding steroid dienone is 3. The average molecular weight is 154 g/mol. The molecule has 0 aliphatic heterocycles. The second-order valence-electron chi connectivity index (χ2n) is 2.58. The third-order valence-electron chi connectivity index (χ3n) is 1.46. The van der Waals surface area contributed by atoms with E-state index in [1.807, 2.05) is 26.8 Å². The van der Waals surface area contributed by atoms with Crippen LogP contribution >= 0.6 is 0 Å². The Morgan fingerprint density at radius 2 is 1.64 bits per heavy atom. The van der Waals surface area contributed by atoms with Crippen LogP contribution in [0.1, 0.15) is 34.6 Å². The van der Waals surface area contributed by atoms with Gasteiger partial charge < -0.3 is 0 Å². The van der Waals surface area contributed by atoms with Crippen molar-refractivity contribution in [2.45, 2.75) is 34.6 Å². The first-order valence-corrected chi connectivity index (χ1v) is 4.47. The molecule has 0 aromatic rings. The zero-order valence-corrected chi connectivity index (χ0v) is 8.59. The first kappa shape index (κ1) is 13.1. The van der Waals surface area contributed by atoms with E-state index in [2.05, 4.69) is 32.6 Å². The SMILES string of the molecule is C=CC(C=CC)C(C)C.CC. The number of hydrogen-bond donors (Lipinski definition) is 0. The van der Waals surface area contributed by atoms with Crippen molar-refractivity contribution in [3.8, 4) is 0 Å². The van der Waals surface area contributed by atoms with E-state index < -0.39 is 0 Å². The minimum absolute atomic E-state index is 0.551. The van der Waals surface area contributed by atoms with Gasteiger partial charge in [-0.3, -0.25) is 0 Å². The molecule has 11 heavy (non-hydrogen) atoms. The second-order valence-corrected chi connectivity index (χ2v) is 2.58. The molecule has 0 saturated carbocycles. The van der Waals surface area contributed by atoms with Gasteiger partial charge in [-0.05, 0) is 18.8 Å². The molecular formula is C11H22. The zero-order chi connectivity index (χ0) is 9.28. The van der Waals surface area contributed by atoms with Gasteiger partial charge in [-0.25, -0.2) is 0 Å². The molecule has 0 heterocycles. The van der Waals surface area contributed by atoms with Gasteiger partial charge in [0.25, 0.3) is 0 Å². The van der Waals surface area contributed by atoms with Crippen LogP contribution in [0.2, 0.25) is 0 Å². The average Bonchev–Trinajstić information content (AvgIpc) is 2.03. The van der Waals surface area contributed by atoms with Gasteiger partial charge >= 0.3 is 0 Å².